The average molecular weight is 367 g/mol. The number of carboxylic acids is 1. The number of anilines is 1. The number of hydrogen-bond acceptors (Lipinski definition) is 4. The number of amides is 1. The maximum Gasteiger partial charge on any atom is 0.265 e. The minimum Gasteiger partial charge on any atom is -0.545 e. The molecule has 2 aromatic carbocycles. The molecule has 1 N–H and O–H groups in total. The van der Waals surface area contributed by atoms with Crippen molar-refractivity contribution in [3.8, 4) is 5.75 Å². The standard InChI is InChI=1S/C17H15Cl2NO4/c1-9-3-5-14(12(7-9)17(22)23)20-16(21)10(2)24-15-6-4-11(18)8-13(15)19/h3-8,10H,1-2H3,(H,20,21)(H,22,23)/p-1/t10-/m1/s1. The van der Waals surface area contributed by atoms with Crippen LogP contribution in [-0.2, 0) is 4.79 Å². The van der Waals surface area contributed by atoms with Gasteiger partial charge in [-0.05, 0) is 44.2 Å². The Labute approximate surface area is 149 Å². The molecule has 0 aliphatic rings. The Bertz CT molecular complexity index is 792. The fourth-order valence-electron chi connectivity index (χ4n) is 1.99. The Hall–Kier alpha value is -2.24. The Morgan fingerprint density at radius 1 is 1.17 bits per heavy atom. The molecule has 126 valence electrons. The van der Waals surface area contributed by atoms with Crippen LogP contribution in [0.4, 0.5) is 5.69 Å². The summed E-state index contributed by atoms with van der Waals surface area (Å²) in [5.74, 6) is -1.59. The molecule has 2 aromatic rings. The van der Waals surface area contributed by atoms with Crippen LogP contribution in [0.3, 0.4) is 0 Å². The second-order valence-electron chi connectivity index (χ2n) is 5.16. The molecule has 0 radical (unpaired) electrons. The third kappa shape index (κ3) is 4.40. The zero-order valence-corrected chi connectivity index (χ0v) is 14.4. The number of halogens is 2. The average Bonchev–Trinajstić information content (AvgIpc) is 2.51. The van der Waals surface area contributed by atoms with E-state index in [1.54, 1.807) is 25.1 Å². The second-order valence-corrected chi connectivity index (χ2v) is 6.00. The van der Waals surface area contributed by atoms with Gasteiger partial charge in [-0.25, -0.2) is 0 Å². The maximum absolute atomic E-state index is 12.2. The molecule has 0 saturated carbocycles. The highest BCUT2D eigenvalue weighted by Crippen LogP contribution is 2.28. The Morgan fingerprint density at radius 2 is 1.88 bits per heavy atom. The van der Waals surface area contributed by atoms with Gasteiger partial charge in [0, 0.05) is 16.3 Å². The highest BCUT2D eigenvalue weighted by atomic mass is 35.5. The number of aromatic carboxylic acids is 1. The maximum atomic E-state index is 12.2. The molecule has 0 fully saturated rings. The fourth-order valence-corrected chi connectivity index (χ4v) is 2.44. The summed E-state index contributed by atoms with van der Waals surface area (Å²) >= 11 is 11.8. The highest BCUT2D eigenvalue weighted by molar-refractivity contribution is 6.35. The van der Waals surface area contributed by atoms with Crippen molar-refractivity contribution in [3.63, 3.8) is 0 Å². The molecule has 1 amide bonds. The lowest BCUT2D eigenvalue weighted by molar-refractivity contribution is -0.254. The predicted octanol–water partition coefficient (Wildman–Crippen LogP) is 3.07. The van der Waals surface area contributed by atoms with Crippen LogP contribution >= 0.6 is 23.2 Å². The summed E-state index contributed by atoms with van der Waals surface area (Å²) in [6.45, 7) is 3.26. The zero-order valence-electron chi connectivity index (χ0n) is 12.9. The van der Waals surface area contributed by atoms with Crippen molar-refractivity contribution < 1.29 is 19.4 Å². The first-order chi connectivity index (χ1) is 11.3. The molecule has 1 atom stereocenters. The lowest BCUT2D eigenvalue weighted by Crippen LogP contribution is -2.32. The van der Waals surface area contributed by atoms with Gasteiger partial charge in [-0.15, -0.1) is 0 Å². The van der Waals surface area contributed by atoms with Gasteiger partial charge in [-0.3, -0.25) is 4.79 Å². The number of hydrogen-bond donors (Lipinski definition) is 1. The normalized spacial score (nSPS) is 11.7. The number of carbonyl (C=O) groups excluding carboxylic acids is 2. The zero-order chi connectivity index (χ0) is 17.9. The molecular formula is C17H14Cl2NO4-. The number of carboxylic acid groups (broad SMARTS) is 1. The minimum absolute atomic E-state index is 0.0972. The Balaban J connectivity index is 2.13. The van der Waals surface area contributed by atoms with Gasteiger partial charge in [-0.2, -0.15) is 0 Å². The molecule has 0 heterocycles. The monoisotopic (exact) mass is 366 g/mol. The van der Waals surface area contributed by atoms with Crippen molar-refractivity contribution in [2.75, 3.05) is 5.32 Å². The van der Waals surface area contributed by atoms with Crippen LogP contribution in [0, 0.1) is 6.92 Å². The molecule has 0 aromatic heterocycles. The summed E-state index contributed by atoms with van der Waals surface area (Å²) in [7, 11) is 0. The molecule has 0 saturated heterocycles. The third-order valence-electron chi connectivity index (χ3n) is 3.22. The van der Waals surface area contributed by atoms with E-state index in [9.17, 15) is 14.7 Å². The van der Waals surface area contributed by atoms with Crippen LogP contribution in [-0.4, -0.2) is 18.0 Å². The first-order valence-corrected chi connectivity index (χ1v) is 7.78. The van der Waals surface area contributed by atoms with E-state index in [-0.39, 0.29) is 16.3 Å². The third-order valence-corrected chi connectivity index (χ3v) is 3.75. The van der Waals surface area contributed by atoms with Crippen LogP contribution in [0.1, 0.15) is 22.8 Å². The molecule has 7 heteroatoms. The number of carbonyl (C=O) groups is 2. The summed E-state index contributed by atoms with van der Waals surface area (Å²) in [4.78, 5) is 23.4. The number of nitrogens with one attached hydrogen (secondary N) is 1. The Morgan fingerprint density at radius 3 is 2.50 bits per heavy atom. The van der Waals surface area contributed by atoms with Crippen LogP contribution in [0.2, 0.25) is 10.0 Å². The van der Waals surface area contributed by atoms with Gasteiger partial charge in [0.2, 0.25) is 0 Å². The van der Waals surface area contributed by atoms with Crippen LogP contribution in [0.5, 0.6) is 5.75 Å². The SMILES string of the molecule is Cc1ccc(NC(=O)[C@@H](C)Oc2ccc(Cl)cc2Cl)c(C(=O)[O-])c1. The van der Waals surface area contributed by atoms with Gasteiger partial charge in [0.15, 0.2) is 6.10 Å². The van der Waals surface area contributed by atoms with Gasteiger partial charge in [-0.1, -0.05) is 34.8 Å². The summed E-state index contributed by atoms with van der Waals surface area (Å²) in [5, 5.41) is 14.4. The van der Waals surface area contributed by atoms with Crippen molar-refractivity contribution in [1.29, 1.82) is 0 Å². The summed E-state index contributed by atoms with van der Waals surface area (Å²) in [6.07, 6.45) is -0.903. The molecular weight excluding hydrogens is 353 g/mol. The van der Waals surface area contributed by atoms with Gasteiger partial charge >= 0.3 is 0 Å². The highest BCUT2D eigenvalue weighted by Gasteiger charge is 2.18. The minimum atomic E-state index is -1.37. The Kier molecular flexibility index (Phi) is 5.70. The van der Waals surface area contributed by atoms with Gasteiger partial charge in [0.1, 0.15) is 5.75 Å². The molecule has 24 heavy (non-hydrogen) atoms. The van der Waals surface area contributed by atoms with Gasteiger partial charge < -0.3 is 20.0 Å². The van der Waals surface area contributed by atoms with E-state index in [0.717, 1.165) is 5.56 Å². The molecule has 0 spiro atoms. The predicted molar refractivity (Wildman–Crippen MR) is 90.7 cm³/mol. The molecule has 5 nitrogen and oxygen atoms in total. The molecule has 0 unspecified atom stereocenters. The molecule has 0 aliphatic carbocycles. The van der Waals surface area contributed by atoms with E-state index >= 15 is 0 Å². The summed E-state index contributed by atoms with van der Waals surface area (Å²) < 4.78 is 5.49. The lowest BCUT2D eigenvalue weighted by Gasteiger charge is -2.18. The number of benzene rings is 2. The van der Waals surface area contributed by atoms with Gasteiger partial charge in [0.25, 0.3) is 5.91 Å². The molecule has 2 rings (SSSR count). The number of ether oxygens (including phenoxy) is 1. The number of rotatable bonds is 5. The van der Waals surface area contributed by atoms with E-state index in [4.69, 9.17) is 27.9 Å². The second kappa shape index (κ2) is 7.55. The summed E-state index contributed by atoms with van der Waals surface area (Å²) in [6, 6.07) is 9.24. The van der Waals surface area contributed by atoms with Crippen molar-refractivity contribution >= 4 is 40.8 Å². The topological polar surface area (TPSA) is 78.5 Å². The van der Waals surface area contributed by atoms with E-state index in [1.807, 2.05) is 0 Å². The van der Waals surface area contributed by atoms with Gasteiger partial charge in [0.05, 0.1) is 11.0 Å². The van der Waals surface area contributed by atoms with E-state index < -0.39 is 18.0 Å². The van der Waals surface area contributed by atoms with Crippen molar-refractivity contribution in [1.82, 2.24) is 0 Å². The quantitative estimate of drug-likeness (QED) is 0.881. The number of aryl methyl sites for hydroxylation is 1. The van der Waals surface area contributed by atoms with Crippen LogP contribution < -0.4 is 15.2 Å². The van der Waals surface area contributed by atoms with E-state index in [1.165, 1.54) is 25.1 Å². The first kappa shape index (κ1) is 18.1. The molecule has 0 bridgehead atoms. The lowest BCUT2D eigenvalue weighted by atomic mass is 10.1. The largest absolute Gasteiger partial charge is 0.545 e. The molecule has 0 aliphatic heterocycles. The van der Waals surface area contributed by atoms with Crippen LogP contribution in [0.15, 0.2) is 36.4 Å². The van der Waals surface area contributed by atoms with E-state index in [0.29, 0.717) is 10.8 Å². The van der Waals surface area contributed by atoms with Crippen LogP contribution in [0.25, 0.3) is 0 Å². The first-order valence-electron chi connectivity index (χ1n) is 7.02. The fraction of sp³-hybridized carbons (Fsp3) is 0.176. The smallest absolute Gasteiger partial charge is 0.265 e. The van der Waals surface area contributed by atoms with E-state index in [2.05, 4.69) is 5.32 Å². The van der Waals surface area contributed by atoms with Crippen molar-refractivity contribution in [2.24, 2.45) is 0 Å². The van der Waals surface area contributed by atoms with Crippen molar-refractivity contribution in [2.45, 2.75) is 20.0 Å². The summed E-state index contributed by atoms with van der Waals surface area (Å²) in [5.41, 5.74) is 0.785. The van der Waals surface area contributed by atoms with Crippen molar-refractivity contribution in [3.05, 3.63) is 57.6 Å².